The van der Waals surface area contributed by atoms with E-state index < -0.39 is 10.0 Å². The summed E-state index contributed by atoms with van der Waals surface area (Å²) in [6, 6.07) is 6.48. The molecule has 0 saturated carbocycles. The topological polar surface area (TPSA) is 63.4 Å². The van der Waals surface area contributed by atoms with Gasteiger partial charge in [-0.2, -0.15) is 4.31 Å². The van der Waals surface area contributed by atoms with Crippen LogP contribution in [0.2, 0.25) is 0 Å². The molecule has 2 rings (SSSR count). The van der Waals surface area contributed by atoms with Gasteiger partial charge in [-0.1, -0.05) is 37.7 Å². The Hall–Kier alpha value is -0.980. The number of nitrogens with zero attached hydrogens (tertiary/aromatic N) is 1. The molecule has 0 radical (unpaired) electrons. The van der Waals surface area contributed by atoms with Gasteiger partial charge in [-0.3, -0.25) is 0 Å². The smallest absolute Gasteiger partial charge is 0.243 e. The molecule has 1 saturated heterocycles. The van der Waals surface area contributed by atoms with Crippen LogP contribution in [0.5, 0.6) is 0 Å². The first-order valence-corrected chi connectivity index (χ1v) is 8.70. The summed E-state index contributed by atoms with van der Waals surface area (Å²) >= 11 is 4.87. The molecule has 6 heteroatoms. The zero-order valence-electron chi connectivity index (χ0n) is 11.6. The van der Waals surface area contributed by atoms with Gasteiger partial charge in [-0.25, -0.2) is 8.42 Å². The Morgan fingerprint density at radius 1 is 1.30 bits per heavy atom. The minimum atomic E-state index is -3.39. The van der Waals surface area contributed by atoms with E-state index in [4.69, 9.17) is 18.0 Å². The van der Waals surface area contributed by atoms with Crippen LogP contribution < -0.4 is 5.73 Å². The fourth-order valence-corrected chi connectivity index (χ4v) is 4.10. The number of hydrogen-bond donors (Lipinski definition) is 1. The van der Waals surface area contributed by atoms with Crippen molar-refractivity contribution in [3.8, 4) is 0 Å². The van der Waals surface area contributed by atoms with Gasteiger partial charge in [-0.05, 0) is 30.9 Å². The molecule has 0 amide bonds. The molecule has 1 aromatic rings. The van der Waals surface area contributed by atoms with Gasteiger partial charge < -0.3 is 5.73 Å². The Bertz CT molecular complexity index is 574. The van der Waals surface area contributed by atoms with Crippen molar-refractivity contribution in [2.45, 2.75) is 31.1 Å². The summed E-state index contributed by atoms with van der Waals surface area (Å²) in [7, 11) is -3.39. The standard InChI is InChI=1S/C14H20N2O2S2/c1-2-11-7-9-16(10-8-11)20(17,18)13-5-3-12(4-6-13)14(15)19/h3-6,11H,2,7-10H2,1H3,(H2,15,19). The molecule has 1 aromatic carbocycles. The lowest BCUT2D eigenvalue weighted by Gasteiger charge is -2.30. The van der Waals surface area contributed by atoms with Crippen LogP contribution >= 0.6 is 12.2 Å². The van der Waals surface area contributed by atoms with E-state index in [9.17, 15) is 8.42 Å². The molecule has 0 atom stereocenters. The third-order valence-corrected chi connectivity index (χ3v) is 6.08. The number of thiocarbonyl (C=S) groups is 1. The minimum Gasteiger partial charge on any atom is -0.389 e. The lowest BCUT2D eigenvalue weighted by molar-refractivity contribution is 0.269. The normalized spacial score (nSPS) is 18.1. The molecule has 1 fully saturated rings. The summed E-state index contributed by atoms with van der Waals surface area (Å²) in [5.74, 6) is 0.651. The Balaban J connectivity index is 2.16. The molecular weight excluding hydrogens is 292 g/mol. The van der Waals surface area contributed by atoms with Crippen molar-refractivity contribution in [3.05, 3.63) is 29.8 Å². The molecule has 0 aromatic heterocycles. The SMILES string of the molecule is CCC1CCN(S(=O)(=O)c2ccc(C(N)=S)cc2)CC1. The fourth-order valence-electron chi connectivity index (χ4n) is 2.50. The molecule has 4 nitrogen and oxygen atoms in total. The maximum absolute atomic E-state index is 12.5. The van der Waals surface area contributed by atoms with Gasteiger partial charge in [0.15, 0.2) is 0 Å². The van der Waals surface area contributed by atoms with E-state index >= 15 is 0 Å². The number of piperidine rings is 1. The quantitative estimate of drug-likeness (QED) is 0.865. The van der Waals surface area contributed by atoms with E-state index in [-0.39, 0.29) is 4.99 Å². The molecule has 0 unspecified atom stereocenters. The highest BCUT2D eigenvalue weighted by molar-refractivity contribution is 7.89. The highest BCUT2D eigenvalue weighted by Crippen LogP contribution is 2.25. The van der Waals surface area contributed by atoms with Crippen LogP contribution in [0, 0.1) is 5.92 Å². The van der Waals surface area contributed by atoms with E-state index in [1.807, 2.05) is 0 Å². The van der Waals surface area contributed by atoms with Crippen LogP contribution in [0.3, 0.4) is 0 Å². The molecule has 0 bridgehead atoms. The number of nitrogens with two attached hydrogens (primary N) is 1. The van der Waals surface area contributed by atoms with Gasteiger partial charge in [-0.15, -0.1) is 0 Å². The van der Waals surface area contributed by atoms with Crippen molar-refractivity contribution >= 4 is 27.2 Å². The lowest BCUT2D eigenvalue weighted by atomic mass is 9.96. The molecule has 2 N–H and O–H groups in total. The molecule has 0 aliphatic carbocycles. The predicted octanol–water partition coefficient (Wildman–Crippen LogP) is 2.13. The van der Waals surface area contributed by atoms with Gasteiger partial charge in [0.1, 0.15) is 4.99 Å². The first-order valence-electron chi connectivity index (χ1n) is 6.85. The second-order valence-corrected chi connectivity index (χ2v) is 7.52. The first kappa shape index (κ1) is 15.4. The molecular formula is C14H20N2O2S2. The number of benzene rings is 1. The largest absolute Gasteiger partial charge is 0.389 e. The Morgan fingerprint density at radius 2 is 1.85 bits per heavy atom. The van der Waals surface area contributed by atoms with Crippen LogP contribution in [0.25, 0.3) is 0 Å². The highest BCUT2D eigenvalue weighted by atomic mass is 32.2. The van der Waals surface area contributed by atoms with Crippen LogP contribution in [0.15, 0.2) is 29.2 Å². The number of hydrogen-bond acceptors (Lipinski definition) is 3. The minimum absolute atomic E-state index is 0.276. The summed E-state index contributed by atoms with van der Waals surface area (Å²) in [4.78, 5) is 0.588. The van der Waals surface area contributed by atoms with Crippen molar-refractivity contribution in [3.63, 3.8) is 0 Å². The van der Waals surface area contributed by atoms with Gasteiger partial charge >= 0.3 is 0 Å². The fraction of sp³-hybridized carbons (Fsp3) is 0.500. The van der Waals surface area contributed by atoms with E-state index in [0.29, 0.717) is 29.5 Å². The van der Waals surface area contributed by atoms with Crippen molar-refractivity contribution in [2.75, 3.05) is 13.1 Å². The lowest BCUT2D eigenvalue weighted by Crippen LogP contribution is -2.38. The first-order chi connectivity index (χ1) is 9.45. The van der Waals surface area contributed by atoms with E-state index in [1.165, 1.54) is 0 Å². The van der Waals surface area contributed by atoms with Gasteiger partial charge in [0.05, 0.1) is 4.90 Å². The summed E-state index contributed by atoms with van der Waals surface area (Å²) in [6.45, 7) is 3.37. The second-order valence-electron chi connectivity index (χ2n) is 5.14. The zero-order chi connectivity index (χ0) is 14.8. The number of rotatable bonds is 4. The van der Waals surface area contributed by atoms with Crippen molar-refractivity contribution in [2.24, 2.45) is 11.7 Å². The van der Waals surface area contributed by atoms with E-state index in [2.05, 4.69) is 6.92 Å². The van der Waals surface area contributed by atoms with Gasteiger partial charge in [0, 0.05) is 18.7 Å². The Labute approximate surface area is 126 Å². The van der Waals surface area contributed by atoms with Crippen molar-refractivity contribution in [1.82, 2.24) is 4.31 Å². The third-order valence-electron chi connectivity index (χ3n) is 3.93. The second kappa shape index (κ2) is 6.20. The monoisotopic (exact) mass is 312 g/mol. The maximum Gasteiger partial charge on any atom is 0.243 e. The number of sulfonamides is 1. The van der Waals surface area contributed by atoms with Gasteiger partial charge in [0.2, 0.25) is 10.0 Å². The van der Waals surface area contributed by atoms with E-state index in [1.54, 1.807) is 28.6 Å². The highest BCUT2D eigenvalue weighted by Gasteiger charge is 2.28. The molecule has 1 aliphatic rings. The Morgan fingerprint density at radius 3 is 2.30 bits per heavy atom. The molecule has 20 heavy (non-hydrogen) atoms. The summed E-state index contributed by atoms with van der Waals surface area (Å²) in [5, 5.41) is 0. The summed E-state index contributed by atoms with van der Waals surface area (Å²) < 4.78 is 26.6. The molecule has 0 spiro atoms. The maximum atomic E-state index is 12.5. The molecule has 1 heterocycles. The summed E-state index contributed by atoms with van der Waals surface area (Å²) in [5.41, 5.74) is 6.20. The van der Waals surface area contributed by atoms with Crippen LogP contribution in [0.1, 0.15) is 31.7 Å². The van der Waals surface area contributed by atoms with Crippen molar-refractivity contribution in [1.29, 1.82) is 0 Å². The van der Waals surface area contributed by atoms with Crippen LogP contribution in [0.4, 0.5) is 0 Å². The zero-order valence-corrected chi connectivity index (χ0v) is 13.2. The third kappa shape index (κ3) is 3.19. The van der Waals surface area contributed by atoms with E-state index in [0.717, 1.165) is 19.3 Å². The van der Waals surface area contributed by atoms with Crippen molar-refractivity contribution < 1.29 is 8.42 Å². The summed E-state index contributed by atoms with van der Waals surface area (Å²) in [6.07, 6.45) is 3.01. The predicted molar refractivity (Wildman–Crippen MR) is 84.1 cm³/mol. The molecule has 1 aliphatic heterocycles. The average molecular weight is 312 g/mol. The van der Waals surface area contributed by atoms with Crippen LogP contribution in [-0.2, 0) is 10.0 Å². The Kier molecular flexibility index (Phi) is 4.78. The van der Waals surface area contributed by atoms with Crippen LogP contribution in [-0.4, -0.2) is 30.8 Å². The average Bonchev–Trinajstić information content (AvgIpc) is 2.47. The molecule has 110 valence electrons. The van der Waals surface area contributed by atoms with Gasteiger partial charge in [0.25, 0.3) is 0 Å².